The van der Waals surface area contributed by atoms with E-state index in [4.69, 9.17) is 0 Å². The van der Waals surface area contributed by atoms with Gasteiger partial charge in [0.25, 0.3) is 10.0 Å². The smallest absolute Gasteiger partial charge is 0.270 e. The molecule has 0 radical (unpaired) electrons. The standard InChI is InChI=1S/C14H15N5O3S2/c1-8-5-11-6-10(3-4-12(11)16-8)7-15-24(21,22)14-19-18-13(23-14)17-9(2)20/h3-6,15-16H,7H2,1-2H3,(H,17,18,20). The summed E-state index contributed by atoms with van der Waals surface area (Å²) in [6, 6.07) is 7.68. The minimum absolute atomic E-state index is 0.136. The number of sulfonamides is 1. The summed E-state index contributed by atoms with van der Waals surface area (Å²) in [5.74, 6) is -0.335. The van der Waals surface area contributed by atoms with Crippen molar-refractivity contribution in [2.45, 2.75) is 24.7 Å². The van der Waals surface area contributed by atoms with E-state index >= 15 is 0 Å². The fourth-order valence-electron chi connectivity index (χ4n) is 2.20. The summed E-state index contributed by atoms with van der Waals surface area (Å²) in [6.07, 6.45) is 0. The zero-order chi connectivity index (χ0) is 17.3. The molecular weight excluding hydrogens is 350 g/mol. The minimum atomic E-state index is -3.79. The van der Waals surface area contributed by atoms with Crippen molar-refractivity contribution in [2.75, 3.05) is 5.32 Å². The summed E-state index contributed by atoms with van der Waals surface area (Å²) in [5.41, 5.74) is 2.88. The lowest BCUT2D eigenvalue weighted by molar-refractivity contribution is -0.114. The second-order valence-corrected chi connectivity index (χ2v) is 8.17. The van der Waals surface area contributed by atoms with E-state index in [1.54, 1.807) is 0 Å². The van der Waals surface area contributed by atoms with E-state index in [-0.39, 0.29) is 21.9 Å². The van der Waals surface area contributed by atoms with Crippen molar-refractivity contribution >= 4 is 43.3 Å². The number of aromatic amines is 1. The highest BCUT2D eigenvalue weighted by Crippen LogP contribution is 2.21. The number of nitrogens with one attached hydrogen (secondary N) is 3. The number of hydrogen-bond donors (Lipinski definition) is 3. The van der Waals surface area contributed by atoms with Crippen molar-refractivity contribution in [3.8, 4) is 0 Å². The normalized spacial score (nSPS) is 11.8. The number of hydrogen-bond acceptors (Lipinski definition) is 6. The second-order valence-electron chi connectivity index (χ2n) is 5.25. The van der Waals surface area contributed by atoms with Crippen LogP contribution in [-0.2, 0) is 21.4 Å². The Hall–Kier alpha value is -2.30. The van der Waals surface area contributed by atoms with Crippen molar-refractivity contribution in [3.05, 3.63) is 35.5 Å². The fraction of sp³-hybridized carbons (Fsp3) is 0.214. The summed E-state index contributed by atoms with van der Waals surface area (Å²) in [6.45, 7) is 3.41. The van der Waals surface area contributed by atoms with E-state index in [9.17, 15) is 13.2 Å². The van der Waals surface area contributed by atoms with Crippen LogP contribution in [0.25, 0.3) is 10.9 Å². The first kappa shape index (κ1) is 16.6. The first-order valence-corrected chi connectivity index (χ1v) is 9.32. The molecule has 0 bridgehead atoms. The van der Waals surface area contributed by atoms with Crippen molar-refractivity contribution in [1.82, 2.24) is 19.9 Å². The molecule has 0 aliphatic carbocycles. The van der Waals surface area contributed by atoms with Crippen LogP contribution in [0.1, 0.15) is 18.2 Å². The molecule has 0 spiro atoms. The maximum absolute atomic E-state index is 12.3. The summed E-state index contributed by atoms with van der Waals surface area (Å²) < 4.78 is 26.8. The Balaban J connectivity index is 1.73. The Bertz CT molecular complexity index is 1010. The first-order chi connectivity index (χ1) is 11.3. The Morgan fingerprint density at radius 1 is 1.29 bits per heavy atom. The Labute approximate surface area is 142 Å². The van der Waals surface area contributed by atoms with Crippen LogP contribution in [-0.4, -0.2) is 29.5 Å². The van der Waals surface area contributed by atoms with Crippen molar-refractivity contribution in [2.24, 2.45) is 0 Å². The summed E-state index contributed by atoms with van der Waals surface area (Å²) in [4.78, 5) is 14.2. The summed E-state index contributed by atoms with van der Waals surface area (Å²) >= 11 is 0.800. The van der Waals surface area contributed by atoms with E-state index < -0.39 is 10.0 Å². The number of carbonyl (C=O) groups excluding carboxylic acids is 1. The molecule has 0 saturated heterocycles. The zero-order valence-electron chi connectivity index (χ0n) is 13.0. The third-order valence-electron chi connectivity index (χ3n) is 3.21. The number of aromatic nitrogens is 3. The second kappa shape index (κ2) is 6.30. The third kappa shape index (κ3) is 3.61. The lowest BCUT2D eigenvalue weighted by atomic mass is 10.1. The van der Waals surface area contributed by atoms with E-state index in [0.29, 0.717) is 0 Å². The van der Waals surface area contributed by atoms with Crippen LogP contribution in [0, 0.1) is 6.92 Å². The van der Waals surface area contributed by atoms with Gasteiger partial charge in [0.2, 0.25) is 15.4 Å². The van der Waals surface area contributed by atoms with E-state index in [0.717, 1.165) is 33.5 Å². The Kier molecular flexibility index (Phi) is 4.35. The first-order valence-electron chi connectivity index (χ1n) is 7.02. The van der Waals surface area contributed by atoms with E-state index in [2.05, 4.69) is 25.2 Å². The number of aryl methyl sites for hydroxylation is 1. The molecule has 10 heteroatoms. The molecule has 126 valence electrons. The van der Waals surface area contributed by atoms with Gasteiger partial charge in [0.15, 0.2) is 0 Å². The molecule has 0 saturated carbocycles. The SMILES string of the molecule is CC(=O)Nc1nnc(S(=O)(=O)NCc2ccc3[nH]c(C)cc3c2)s1. The van der Waals surface area contributed by atoms with Gasteiger partial charge in [-0.05, 0) is 36.1 Å². The highest BCUT2D eigenvalue weighted by molar-refractivity contribution is 7.91. The molecule has 1 aromatic carbocycles. The maximum Gasteiger partial charge on any atom is 0.270 e. The van der Waals surface area contributed by atoms with E-state index in [1.807, 2.05) is 31.2 Å². The minimum Gasteiger partial charge on any atom is -0.359 e. The van der Waals surface area contributed by atoms with Gasteiger partial charge in [0.1, 0.15) is 0 Å². The number of benzene rings is 1. The molecule has 2 heterocycles. The van der Waals surface area contributed by atoms with Gasteiger partial charge < -0.3 is 10.3 Å². The Morgan fingerprint density at radius 2 is 2.08 bits per heavy atom. The predicted molar refractivity (Wildman–Crippen MR) is 91.3 cm³/mol. The molecule has 0 unspecified atom stereocenters. The van der Waals surface area contributed by atoms with Crippen LogP contribution in [0.2, 0.25) is 0 Å². The quantitative estimate of drug-likeness (QED) is 0.596. The molecule has 1 amide bonds. The molecule has 8 nitrogen and oxygen atoms in total. The van der Waals surface area contributed by atoms with Crippen LogP contribution < -0.4 is 10.0 Å². The molecule has 0 fully saturated rings. The molecule has 3 rings (SSSR count). The Morgan fingerprint density at radius 3 is 2.83 bits per heavy atom. The third-order valence-corrected chi connectivity index (χ3v) is 5.81. The number of anilines is 1. The summed E-state index contributed by atoms with van der Waals surface area (Å²) in [7, 11) is -3.79. The number of H-pyrrole nitrogens is 1. The molecule has 3 aromatic rings. The van der Waals surface area contributed by atoms with Gasteiger partial charge in [-0.25, -0.2) is 13.1 Å². The van der Waals surface area contributed by atoms with Crippen molar-refractivity contribution in [1.29, 1.82) is 0 Å². The van der Waals surface area contributed by atoms with Gasteiger partial charge >= 0.3 is 0 Å². The monoisotopic (exact) mass is 365 g/mol. The molecule has 3 N–H and O–H groups in total. The molecule has 24 heavy (non-hydrogen) atoms. The van der Waals surface area contributed by atoms with Gasteiger partial charge in [0, 0.05) is 24.7 Å². The number of rotatable bonds is 5. The van der Waals surface area contributed by atoms with Gasteiger partial charge in [-0.15, -0.1) is 10.2 Å². The van der Waals surface area contributed by atoms with Crippen LogP contribution in [0.4, 0.5) is 5.13 Å². The van der Waals surface area contributed by atoms with Crippen LogP contribution in [0.15, 0.2) is 28.6 Å². The number of amides is 1. The lowest BCUT2D eigenvalue weighted by Crippen LogP contribution is -2.23. The fourth-order valence-corrected chi connectivity index (χ4v) is 4.20. The average Bonchev–Trinajstić information content (AvgIpc) is 3.10. The lowest BCUT2D eigenvalue weighted by Gasteiger charge is -2.04. The number of fused-ring (bicyclic) bond motifs is 1. The molecule has 0 aliphatic heterocycles. The van der Waals surface area contributed by atoms with Gasteiger partial charge in [-0.2, -0.15) is 0 Å². The number of nitrogens with zero attached hydrogens (tertiary/aromatic N) is 2. The highest BCUT2D eigenvalue weighted by Gasteiger charge is 2.20. The van der Waals surface area contributed by atoms with E-state index in [1.165, 1.54) is 6.92 Å². The number of carbonyl (C=O) groups is 1. The van der Waals surface area contributed by atoms with Crippen molar-refractivity contribution < 1.29 is 13.2 Å². The van der Waals surface area contributed by atoms with Gasteiger partial charge in [0.05, 0.1) is 0 Å². The molecule has 0 aliphatic rings. The predicted octanol–water partition coefficient (Wildman–Crippen LogP) is 1.76. The van der Waals surface area contributed by atoms with Gasteiger partial charge in [-0.1, -0.05) is 17.4 Å². The van der Waals surface area contributed by atoms with Crippen LogP contribution in [0.5, 0.6) is 0 Å². The zero-order valence-corrected chi connectivity index (χ0v) is 14.6. The molecular formula is C14H15N5O3S2. The molecule has 2 aromatic heterocycles. The van der Waals surface area contributed by atoms with Crippen LogP contribution >= 0.6 is 11.3 Å². The molecule has 0 atom stereocenters. The topological polar surface area (TPSA) is 117 Å². The van der Waals surface area contributed by atoms with Crippen molar-refractivity contribution in [3.63, 3.8) is 0 Å². The summed E-state index contributed by atoms with van der Waals surface area (Å²) in [5, 5.41) is 10.8. The van der Waals surface area contributed by atoms with Crippen LogP contribution in [0.3, 0.4) is 0 Å². The largest absolute Gasteiger partial charge is 0.359 e. The highest BCUT2D eigenvalue weighted by atomic mass is 32.2. The average molecular weight is 365 g/mol. The maximum atomic E-state index is 12.3. The van der Waals surface area contributed by atoms with Gasteiger partial charge in [-0.3, -0.25) is 4.79 Å².